The molecule has 0 radical (unpaired) electrons. The molecule has 74 valence electrons. The van der Waals surface area contributed by atoms with Gasteiger partial charge in [-0.05, 0) is 38.6 Å². The zero-order valence-corrected chi connectivity index (χ0v) is 8.34. The lowest BCUT2D eigenvalue weighted by molar-refractivity contribution is 0.0846. The molecule has 2 heteroatoms. The molecule has 0 aromatic heterocycles. The maximum absolute atomic E-state index is 3.59. The average molecular weight is 180 g/mol. The Bertz CT molecular complexity index is 175. The number of piperidine rings is 1. The Kier molecular flexibility index (Phi) is 2.06. The number of nitrogens with one attached hydrogen (secondary N) is 1. The first-order chi connectivity index (χ1) is 6.45. The normalized spacial score (nSPS) is 41.5. The fraction of sp³-hybridized carbons (Fsp3) is 1.00. The van der Waals surface area contributed by atoms with Crippen molar-refractivity contribution in [2.45, 2.75) is 56.7 Å². The van der Waals surface area contributed by atoms with E-state index in [1.165, 1.54) is 51.6 Å². The topological polar surface area (TPSA) is 15.3 Å². The van der Waals surface area contributed by atoms with Crippen LogP contribution in [0.2, 0.25) is 0 Å². The van der Waals surface area contributed by atoms with E-state index in [4.69, 9.17) is 0 Å². The van der Waals surface area contributed by atoms with Crippen LogP contribution >= 0.6 is 0 Å². The van der Waals surface area contributed by atoms with E-state index in [0.717, 1.165) is 18.1 Å². The highest BCUT2D eigenvalue weighted by atomic mass is 15.3. The zero-order valence-electron chi connectivity index (χ0n) is 8.34. The number of nitrogens with zero attached hydrogens (tertiary/aromatic N) is 1. The highest BCUT2D eigenvalue weighted by Crippen LogP contribution is 2.37. The molecule has 3 rings (SSSR count). The highest BCUT2D eigenvalue weighted by molar-refractivity contribution is 4.97. The standard InChI is InChI=1S/C11H20N2/c1-2-9-6-7-12-8-11(3-1)13(9)10-4-5-10/h9-12H,1-8H2/t9-,11-/m1/s1. The molecule has 3 fully saturated rings. The lowest BCUT2D eigenvalue weighted by Crippen LogP contribution is -2.48. The molecule has 0 aromatic rings. The summed E-state index contributed by atoms with van der Waals surface area (Å²) in [5.74, 6) is 0. The molecule has 2 bridgehead atoms. The van der Waals surface area contributed by atoms with Gasteiger partial charge in [-0.1, -0.05) is 6.42 Å². The molecule has 2 heterocycles. The predicted octanol–water partition coefficient (Wildman–Crippen LogP) is 1.37. The minimum atomic E-state index is 0.883. The van der Waals surface area contributed by atoms with Gasteiger partial charge in [-0.3, -0.25) is 4.90 Å². The number of hydrogen-bond acceptors (Lipinski definition) is 2. The Morgan fingerprint density at radius 3 is 2.46 bits per heavy atom. The quantitative estimate of drug-likeness (QED) is 0.655. The molecule has 0 unspecified atom stereocenters. The molecule has 0 aromatic carbocycles. The van der Waals surface area contributed by atoms with E-state index in [1.807, 2.05) is 0 Å². The van der Waals surface area contributed by atoms with Gasteiger partial charge in [-0.25, -0.2) is 0 Å². The molecule has 3 aliphatic rings. The van der Waals surface area contributed by atoms with Crippen molar-refractivity contribution in [3.63, 3.8) is 0 Å². The molecule has 1 saturated carbocycles. The van der Waals surface area contributed by atoms with Gasteiger partial charge < -0.3 is 5.32 Å². The molecular weight excluding hydrogens is 160 g/mol. The van der Waals surface area contributed by atoms with Crippen molar-refractivity contribution in [3.05, 3.63) is 0 Å². The van der Waals surface area contributed by atoms with E-state index in [9.17, 15) is 0 Å². The van der Waals surface area contributed by atoms with Gasteiger partial charge >= 0.3 is 0 Å². The third-order valence-corrected chi connectivity index (χ3v) is 3.92. The van der Waals surface area contributed by atoms with Crippen molar-refractivity contribution in [2.75, 3.05) is 13.1 Å². The highest BCUT2D eigenvalue weighted by Gasteiger charge is 2.40. The van der Waals surface area contributed by atoms with Crippen LogP contribution in [0.5, 0.6) is 0 Å². The van der Waals surface area contributed by atoms with Crippen molar-refractivity contribution < 1.29 is 0 Å². The van der Waals surface area contributed by atoms with Crippen LogP contribution in [0.4, 0.5) is 0 Å². The smallest absolute Gasteiger partial charge is 0.0226 e. The molecule has 1 N–H and O–H groups in total. The van der Waals surface area contributed by atoms with E-state index in [0.29, 0.717) is 0 Å². The van der Waals surface area contributed by atoms with Crippen LogP contribution in [0.15, 0.2) is 0 Å². The van der Waals surface area contributed by atoms with Gasteiger partial charge in [-0.2, -0.15) is 0 Å². The molecule has 2 nitrogen and oxygen atoms in total. The second-order valence-corrected chi connectivity index (χ2v) is 4.91. The lowest BCUT2D eigenvalue weighted by atomic mass is 9.94. The first-order valence-corrected chi connectivity index (χ1v) is 5.93. The Labute approximate surface area is 80.7 Å². The summed E-state index contributed by atoms with van der Waals surface area (Å²) in [6.45, 7) is 2.51. The van der Waals surface area contributed by atoms with E-state index < -0.39 is 0 Å². The third kappa shape index (κ3) is 1.50. The minimum absolute atomic E-state index is 0.883. The SMILES string of the molecule is C1C[C@@H]2CCNC[C@@H](C1)N2C1CC1. The fourth-order valence-corrected chi connectivity index (χ4v) is 3.19. The van der Waals surface area contributed by atoms with Gasteiger partial charge in [0.15, 0.2) is 0 Å². The zero-order chi connectivity index (χ0) is 8.67. The molecule has 0 spiro atoms. The summed E-state index contributed by atoms with van der Waals surface area (Å²) in [5.41, 5.74) is 0. The molecule has 2 saturated heterocycles. The number of fused-ring (bicyclic) bond motifs is 2. The summed E-state index contributed by atoms with van der Waals surface area (Å²) in [6.07, 6.45) is 8.74. The van der Waals surface area contributed by atoms with Crippen molar-refractivity contribution in [2.24, 2.45) is 0 Å². The molecule has 2 aliphatic heterocycles. The first kappa shape index (κ1) is 8.25. The number of rotatable bonds is 1. The average Bonchev–Trinajstić information content (AvgIpc) is 2.93. The van der Waals surface area contributed by atoms with E-state index in [1.54, 1.807) is 0 Å². The summed E-state index contributed by atoms with van der Waals surface area (Å²) in [4.78, 5) is 2.86. The summed E-state index contributed by atoms with van der Waals surface area (Å²) < 4.78 is 0. The van der Waals surface area contributed by atoms with Gasteiger partial charge in [0.2, 0.25) is 0 Å². The molecular formula is C11H20N2. The van der Waals surface area contributed by atoms with Crippen LogP contribution in [0.3, 0.4) is 0 Å². The lowest BCUT2D eigenvalue weighted by Gasteiger charge is -2.40. The van der Waals surface area contributed by atoms with Crippen LogP contribution < -0.4 is 5.32 Å². The monoisotopic (exact) mass is 180 g/mol. The van der Waals surface area contributed by atoms with Crippen LogP contribution in [0.25, 0.3) is 0 Å². The van der Waals surface area contributed by atoms with Crippen LogP contribution in [0, 0.1) is 0 Å². The molecule has 13 heavy (non-hydrogen) atoms. The molecule has 1 aliphatic carbocycles. The molecule has 2 atom stereocenters. The second-order valence-electron chi connectivity index (χ2n) is 4.91. The maximum Gasteiger partial charge on any atom is 0.0226 e. The summed E-state index contributed by atoms with van der Waals surface area (Å²) in [5, 5.41) is 3.59. The Morgan fingerprint density at radius 2 is 1.62 bits per heavy atom. The van der Waals surface area contributed by atoms with Crippen molar-refractivity contribution in [1.82, 2.24) is 10.2 Å². The van der Waals surface area contributed by atoms with Gasteiger partial charge in [0.25, 0.3) is 0 Å². The van der Waals surface area contributed by atoms with Gasteiger partial charge in [0.1, 0.15) is 0 Å². The third-order valence-electron chi connectivity index (χ3n) is 3.92. The fourth-order valence-electron chi connectivity index (χ4n) is 3.19. The van der Waals surface area contributed by atoms with E-state index in [-0.39, 0.29) is 0 Å². The van der Waals surface area contributed by atoms with E-state index in [2.05, 4.69) is 10.2 Å². The van der Waals surface area contributed by atoms with Gasteiger partial charge in [-0.15, -0.1) is 0 Å². The summed E-state index contributed by atoms with van der Waals surface area (Å²) >= 11 is 0. The number of hydrogen-bond donors (Lipinski definition) is 1. The summed E-state index contributed by atoms with van der Waals surface area (Å²) in [6, 6.07) is 2.80. The van der Waals surface area contributed by atoms with Gasteiger partial charge in [0, 0.05) is 24.7 Å². The summed E-state index contributed by atoms with van der Waals surface area (Å²) in [7, 11) is 0. The Morgan fingerprint density at radius 1 is 0.846 bits per heavy atom. The Balaban J connectivity index is 1.79. The van der Waals surface area contributed by atoms with Crippen molar-refractivity contribution >= 4 is 0 Å². The van der Waals surface area contributed by atoms with Crippen LogP contribution in [0.1, 0.15) is 38.5 Å². The van der Waals surface area contributed by atoms with Gasteiger partial charge in [0.05, 0.1) is 0 Å². The predicted molar refractivity (Wildman–Crippen MR) is 53.8 cm³/mol. The van der Waals surface area contributed by atoms with E-state index >= 15 is 0 Å². The van der Waals surface area contributed by atoms with Crippen LogP contribution in [-0.4, -0.2) is 36.1 Å². The molecule has 0 amide bonds. The minimum Gasteiger partial charge on any atom is -0.315 e. The first-order valence-electron chi connectivity index (χ1n) is 5.93. The Hall–Kier alpha value is -0.0800. The van der Waals surface area contributed by atoms with Crippen molar-refractivity contribution in [1.29, 1.82) is 0 Å². The van der Waals surface area contributed by atoms with Crippen LogP contribution in [-0.2, 0) is 0 Å². The maximum atomic E-state index is 3.59. The second kappa shape index (κ2) is 3.25. The van der Waals surface area contributed by atoms with Crippen molar-refractivity contribution in [3.8, 4) is 0 Å². The largest absolute Gasteiger partial charge is 0.315 e.